The zero-order valence-corrected chi connectivity index (χ0v) is 12.9. The Labute approximate surface area is 121 Å². The minimum atomic E-state index is 0.170. The molecule has 0 aliphatic heterocycles. The van der Waals surface area contributed by atoms with Gasteiger partial charge in [-0.2, -0.15) is 0 Å². The molecule has 0 aliphatic carbocycles. The number of benzene rings is 1. The number of nitrogens with two attached hydrogens (primary N) is 1. The molecular weight excluding hydrogens is 252 g/mol. The molecule has 0 amide bonds. The van der Waals surface area contributed by atoms with E-state index in [0.29, 0.717) is 19.1 Å². The molecule has 0 spiro atoms. The summed E-state index contributed by atoms with van der Waals surface area (Å²) in [5, 5.41) is 3.09. The van der Waals surface area contributed by atoms with E-state index >= 15 is 0 Å². The SMILES string of the molecule is COCC(C)NC(N)=NCCc1ccc(N(C)C)cc1. The number of anilines is 1. The van der Waals surface area contributed by atoms with Crippen LogP contribution < -0.4 is 16.0 Å². The standard InChI is InChI=1S/C15H26N4O/c1-12(11-20-4)18-15(16)17-10-9-13-5-7-14(8-6-13)19(2)3/h5-8,12H,9-11H2,1-4H3,(H3,16,17,18). The van der Waals surface area contributed by atoms with Gasteiger partial charge in [-0.05, 0) is 31.0 Å². The Kier molecular flexibility index (Phi) is 6.87. The predicted molar refractivity (Wildman–Crippen MR) is 85.4 cm³/mol. The van der Waals surface area contributed by atoms with Crippen molar-refractivity contribution in [2.24, 2.45) is 10.7 Å². The number of nitrogens with one attached hydrogen (secondary N) is 1. The summed E-state index contributed by atoms with van der Waals surface area (Å²) < 4.78 is 5.03. The fraction of sp³-hybridized carbons (Fsp3) is 0.533. The van der Waals surface area contributed by atoms with Crippen LogP contribution in [0.3, 0.4) is 0 Å². The first-order valence-corrected chi connectivity index (χ1v) is 6.84. The van der Waals surface area contributed by atoms with E-state index < -0.39 is 0 Å². The van der Waals surface area contributed by atoms with Crippen LogP contribution in [-0.2, 0) is 11.2 Å². The van der Waals surface area contributed by atoms with E-state index in [2.05, 4.69) is 39.5 Å². The van der Waals surface area contributed by atoms with Crippen LogP contribution in [-0.4, -0.2) is 46.4 Å². The normalized spacial score (nSPS) is 13.1. The molecule has 1 rings (SSSR count). The van der Waals surface area contributed by atoms with Gasteiger partial charge in [-0.15, -0.1) is 0 Å². The Morgan fingerprint density at radius 3 is 2.55 bits per heavy atom. The molecule has 5 nitrogen and oxygen atoms in total. The molecule has 3 N–H and O–H groups in total. The molecule has 0 radical (unpaired) electrons. The minimum Gasteiger partial charge on any atom is -0.383 e. The lowest BCUT2D eigenvalue weighted by Gasteiger charge is -2.13. The zero-order chi connectivity index (χ0) is 15.0. The highest BCUT2D eigenvalue weighted by atomic mass is 16.5. The van der Waals surface area contributed by atoms with Gasteiger partial charge in [-0.1, -0.05) is 12.1 Å². The van der Waals surface area contributed by atoms with Crippen molar-refractivity contribution in [2.75, 3.05) is 39.3 Å². The van der Waals surface area contributed by atoms with E-state index in [1.807, 2.05) is 21.0 Å². The monoisotopic (exact) mass is 278 g/mol. The first-order chi connectivity index (χ1) is 9.52. The average molecular weight is 278 g/mol. The van der Waals surface area contributed by atoms with Crippen molar-refractivity contribution in [3.8, 4) is 0 Å². The highest BCUT2D eigenvalue weighted by Gasteiger charge is 2.01. The number of guanidine groups is 1. The summed E-state index contributed by atoms with van der Waals surface area (Å²) in [7, 11) is 5.74. The van der Waals surface area contributed by atoms with Gasteiger partial charge in [0.2, 0.25) is 0 Å². The molecule has 0 saturated carbocycles. The van der Waals surface area contributed by atoms with Crippen molar-refractivity contribution >= 4 is 11.6 Å². The second kappa shape index (κ2) is 8.43. The third-order valence-corrected chi connectivity index (χ3v) is 2.95. The molecule has 20 heavy (non-hydrogen) atoms. The van der Waals surface area contributed by atoms with E-state index in [1.165, 1.54) is 11.3 Å². The maximum Gasteiger partial charge on any atom is 0.188 e. The highest BCUT2D eigenvalue weighted by Crippen LogP contribution is 2.12. The predicted octanol–water partition coefficient (Wildman–Crippen LogP) is 1.23. The lowest BCUT2D eigenvalue weighted by Crippen LogP contribution is -2.40. The molecule has 1 unspecified atom stereocenters. The van der Waals surface area contributed by atoms with Crippen LogP contribution in [0.25, 0.3) is 0 Å². The zero-order valence-electron chi connectivity index (χ0n) is 12.9. The molecule has 0 heterocycles. The fourth-order valence-electron chi connectivity index (χ4n) is 1.86. The van der Waals surface area contributed by atoms with Crippen molar-refractivity contribution in [3.63, 3.8) is 0 Å². The van der Waals surface area contributed by atoms with Gasteiger partial charge in [-0.3, -0.25) is 4.99 Å². The summed E-state index contributed by atoms with van der Waals surface area (Å²) >= 11 is 0. The van der Waals surface area contributed by atoms with Gasteiger partial charge in [0.25, 0.3) is 0 Å². The molecule has 0 saturated heterocycles. The van der Waals surface area contributed by atoms with Gasteiger partial charge in [0.15, 0.2) is 5.96 Å². The van der Waals surface area contributed by atoms with Crippen LogP contribution in [0.15, 0.2) is 29.3 Å². The van der Waals surface area contributed by atoms with Crippen molar-refractivity contribution < 1.29 is 4.74 Å². The average Bonchev–Trinajstić information content (AvgIpc) is 2.39. The first kappa shape index (κ1) is 16.3. The summed E-state index contributed by atoms with van der Waals surface area (Å²) in [6.45, 7) is 3.30. The smallest absolute Gasteiger partial charge is 0.188 e. The van der Waals surface area contributed by atoms with Crippen LogP contribution in [0.1, 0.15) is 12.5 Å². The van der Waals surface area contributed by atoms with E-state index in [1.54, 1.807) is 7.11 Å². The van der Waals surface area contributed by atoms with E-state index in [-0.39, 0.29) is 6.04 Å². The summed E-state index contributed by atoms with van der Waals surface area (Å²) in [6.07, 6.45) is 0.884. The Bertz CT molecular complexity index is 414. The number of nitrogens with zero attached hydrogens (tertiary/aromatic N) is 2. The van der Waals surface area contributed by atoms with Gasteiger partial charge in [0.05, 0.1) is 6.61 Å². The van der Waals surface area contributed by atoms with Crippen molar-refractivity contribution in [1.82, 2.24) is 5.32 Å². The molecule has 5 heteroatoms. The van der Waals surface area contributed by atoms with E-state index in [0.717, 1.165) is 6.42 Å². The second-order valence-electron chi connectivity index (χ2n) is 5.08. The largest absolute Gasteiger partial charge is 0.383 e. The molecular formula is C15H26N4O. The third-order valence-electron chi connectivity index (χ3n) is 2.95. The molecule has 1 aromatic carbocycles. The summed E-state index contributed by atoms with van der Waals surface area (Å²) in [5.74, 6) is 0.472. The summed E-state index contributed by atoms with van der Waals surface area (Å²) in [6, 6.07) is 8.65. The quantitative estimate of drug-likeness (QED) is 0.582. The summed E-state index contributed by atoms with van der Waals surface area (Å²) in [5.41, 5.74) is 8.27. The van der Waals surface area contributed by atoms with Gasteiger partial charge in [0.1, 0.15) is 0 Å². The summed E-state index contributed by atoms with van der Waals surface area (Å²) in [4.78, 5) is 6.40. The molecule has 0 fully saturated rings. The highest BCUT2D eigenvalue weighted by molar-refractivity contribution is 5.78. The molecule has 112 valence electrons. The number of ether oxygens (including phenoxy) is 1. The van der Waals surface area contributed by atoms with Crippen molar-refractivity contribution in [1.29, 1.82) is 0 Å². The Morgan fingerprint density at radius 2 is 2.00 bits per heavy atom. The lowest BCUT2D eigenvalue weighted by molar-refractivity contribution is 0.179. The number of rotatable bonds is 7. The maximum atomic E-state index is 5.81. The van der Waals surface area contributed by atoms with E-state index in [9.17, 15) is 0 Å². The number of methoxy groups -OCH3 is 1. The maximum absolute atomic E-state index is 5.81. The topological polar surface area (TPSA) is 62.9 Å². The number of hydrogen-bond acceptors (Lipinski definition) is 3. The van der Waals surface area contributed by atoms with Crippen LogP contribution in [0.2, 0.25) is 0 Å². The van der Waals surface area contributed by atoms with Gasteiger partial charge in [0, 0.05) is 39.5 Å². The molecule has 1 aromatic rings. The number of hydrogen-bond donors (Lipinski definition) is 2. The molecule has 0 aromatic heterocycles. The van der Waals surface area contributed by atoms with Gasteiger partial charge < -0.3 is 20.7 Å². The fourth-order valence-corrected chi connectivity index (χ4v) is 1.86. The third kappa shape index (κ3) is 5.93. The van der Waals surface area contributed by atoms with Crippen LogP contribution in [0.4, 0.5) is 5.69 Å². The molecule has 1 atom stereocenters. The minimum absolute atomic E-state index is 0.170. The van der Waals surface area contributed by atoms with Gasteiger partial charge >= 0.3 is 0 Å². The Balaban J connectivity index is 2.39. The van der Waals surface area contributed by atoms with Crippen molar-refractivity contribution in [3.05, 3.63) is 29.8 Å². The lowest BCUT2D eigenvalue weighted by atomic mass is 10.1. The number of aliphatic imine (C=N–C) groups is 1. The molecule has 0 bridgehead atoms. The van der Waals surface area contributed by atoms with Crippen molar-refractivity contribution in [2.45, 2.75) is 19.4 Å². The Morgan fingerprint density at radius 1 is 1.35 bits per heavy atom. The van der Waals surface area contributed by atoms with E-state index in [4.69, 9.17) is 10.5 Å². The van der Waals surface area contributed by atoms with Crippen LogP contribution >= 0.6 is 0 Å². The Hall–Kier alpha value is -1.75. The second-order valence-corrected chi connectivity index (χ2v) is 5.08. The van der Waals surface area contributed by atoms with Gasteiger partial charge in [-0.25, -0.2) is 0 Å². The van der Waals surface area contributed by atoms with Crippen LogP contribution in [0.5, 0.6) is 0 Å². The molecule has 0 aliphatic rings. The van der Waals surface area contributed by atoms with Crippen LogP contribution in [0, 0.1) is 0 Å². The first-order valence-electron chi connectivity index (χ1n) is 6.84.